The van der Waals surface area contributed by atoms with Crippen LogP contribution in [-0.2, 0) is 4.74 Å². The van der Waals surface area contributed by atoms with Gasteiger partial charge in [-0.05, 0) is 44.2 Å². The molecule has 0 amide bonds. The molecule has 1 fully saturated rings. The highest BCUT2D eigenvalue weighted by atomic mass is 16.5. The van der Waals surface area contributed by atoms with Gasteiger partial charge in [0.1, 0.15) is 0 Å². The minimum Gasteiger partial charge on any atom is -0.383 e. The van der Waals surface area contributed by atoms with E-state index >= 15 is 0 Å². The van der Waals surface area contributed by atoms with Gasteiger partial charge in [0.05, 0.1) is 6.61 Å². The van der Waals surface area contributed by atoms with Gasteiger partial charge in [-0.15, -0.1) is 0 Å². The minimum atomic E-state index is 0.628. The van der Waals surface area contributed by atoms with Crippen molar-refractivity contribution in [2.45, 2.75) is 45.4 Å². The zero-order chi connectivity index (χ0) is 12.4. The van der Waals surface area contributed by atoms with Crippen LogP contribution in [-0.4, -0.2) is 39.9 Å². The van der Waals surface area contributed by atoms with Gasteiger partial charge in [-0.2, -0.15) is 0 Å². The van der Waals surface area contributed by atoms with Crippen LogP contribution in [0, 0.1) is 5.41 Å². The summed E-state index contributed by atoms with van der Waals surface area (Å²) in [6, 6.07) is 0. The van der Waals surface area contributed by atoms with Crippen LogP contribution < -0.4 is 10.6 Å². The molecule has 0 radical (unpaired) electrons. The first kappa shape index (κ1) is 14.9. The largest absolute Gasteiger partial charge is 0.383 e. The summed E-state index contributed by atoms with van der Waals surface area (Å²) >= 11 is 0. The lowest BCUT2D eigenvalue weighted by molar-refractivity contribution is 0.199. The van der Waals surface area contributed by atoms with Gasteiger partial charge in [0, 0.05) is 20.2 Å². The molecule has 1 saturated carbocycles. The van der Waals surface area contributed by atoms with Crippen molar-refractivity contribution in [3.8, 4) is 0 Å². The van der Waals surface area contributed by atoms with E-state index in [1.54, 1.807) is 7.11 Å². The number of hydrogen-bond donors (Lipinski definition) is 2. The molecule has 0 bridgehead atoms. The topological polar surface area (TPSA) is 33.3 Å². The maximum absolute atomic E-state index is 4.99. The maximum Gasteiger partial charge on any atom is 0.0587 e. The molecular weight excluding hydrogens is 212 g/mol. The average Bonchev–Trinajstić information content (AvgIpc) is 2.82. The summed E-state index contributed by atoms with van der Waals surface area (Å²) in [5, 5.41) is 7.01. The summed E-state index contributed by atoms with van der Waals surface area (Å²) in [6.45, 7) is 7.58. The molecule has 2 N–H and O–H groups in total. The third kappa shape index (κ3) is 5.84. The second kappa shape index (κ2) is 8.90. The van der Waals surface area contributed by atoms with Gasteiger partial charge in [0.25, 0.3) is 0 Å². The molecule has 0 aromatic heterocycles. The van der Waals surface area contributed by atoms with Crippen molar-refractivity contribution < 1.29 is 4.74 Å². The molecule has 0 spiro atoms. The summed E-state index contributed by atoms with van der Waals surface area (Å²) in [4.78, 5) is 0. The van der Waals surface area contributed by atoms with Crippen molar-refractivity contribution in [1.29, 1.82) is 0 Å². The molecule has 0 heterocycles. The van der Waals surface area contributed by atoms with E-state index in [0.29, 0.717) is 5.41 Å². The van der Waals surface area contributed by atoms with Crippen LogP contribution in [0.15, 0.2) is 0 Å². The van der Waals surface area contributed by atoms with E-state index in [0.717, 1.165) is 26.2 Å². The molecule has 3 nitrogen and oxygen atoms in total. The Kier molecular flexibility index (Phi) is 7.82. The molecule has 0 aliphatic heterocycles. The summed E-state index contributed by atoms with van der Waals surface area (Å²) in [6.07, 6.45) is 8.29. The van der Waals surface area contributed by atoms with Crippen LogP contribution in [0.3, 0.4) is 0 Å². The number of methoxy groups -OCH3 is 1. The molecule has 1 aliphatic rings. The number of hydrogen-bond acceptors (Lipinski definition) is 3. The highest BCUT2D eigenvalue weighted by Crippen LogP contribution is 2.40. The predicted octanol–water partition coefficient (Wildman–Crippen LogP) is 2.17. The van der Waals surface area contributed by atoms with Crippen LogP contribution in [0.4, 0.5) is 0 Å². The highest BCUT2D eigenvalue weighted by Gasteiger charge is 2.31. The summed E-state index contributed by atoms with van der Waals surface area (Å²) in [5.74, 6) is 0. The van der Waals surface area contributed by atoms with Gasteiger partial charge < -0.3 is 15.4 Å². The lowest BCUT2D eigenvalue weighted by atomic mass is 9.83. The fourth-order valence-corrected chi connectivity index (χ4v) is 2.77. The van der Waals surface area contributed by atoms with Crippen molar-refractivity contribution in [1.82, 2.24) is 10.6 Å². The molecule has 0 atom stereocenters. The normalized spacial score (nSPS) is 18.7. The summed E-state index contributed by atoms with van der Waals surface area (Å²) < 4.78 is 4.99. The minimum absolute atomic E-state index is 0.628. The monoisotopic (exact) mass is 242 g/mol. The summed E-state index contributed by atoms with van der Waals surface area (Å²) in [7, 11) is 1.75. The highest BCUT2D eigenvalue weighted by molar-refractivity contribution is 4.85. The van der Waals surface area contributed by atoms with Gasteiger partial charge in [0.2, 0.25) is 0 Å². The van der Waals surface area contributed by atoms with Gasteiger partial charge in [-0.3, -0.25) is 0 Å². The zero-order valence-corrected chi connectivity index (χ0v) is 11.7. The smallest absolute Gasteiger partial charge is 0.0587 e. The molecule has 1 aliphatic carbocycles. The molecule has 0 unspecified atom stereocenters. The second-order valence-corrected chi connectivity index (χ2v) is 5.33. The number of nitrogens with one attached hydrogen (secondary N) is 2. The van der Waals surface area contributed by atoms with E-state index in [-0.39, 0.29) is 0 Å². The van der Waals surface area contributed by atoms with E-state index in [2.05, 4.69) is 17.6 Å². The Labute approximate surface area is 107 Å². The molecule has 3 heteroatoms. The fourth-order valence-electron chi connectivity index (χ4n) is 2.77. The van der Waals surface area contributed by atoms with E-state index in [1.807, 2.05) is 0 Å². The second-order valence-electron chi connectivity index (χ2n) is 5.33. The van der Waals surface area contributed by atoms with Gasteiger partial charge in [-0.25, -0.2) is 0 Å². The van der Waals surface area contributed by atoms with Crippen LogP contribution in [0.2, 0.25) is 0 Å². The number of rotatable bonds is 10. The van der Waals surface area contributed by atoms with Gasteiger partial charge >= 0.3 is 0 Å². The molecule has 0 saturated heterocycles. The molecule has 0 aromatic carbocycles. The first-order chi connectivity index (χ1) is 8.33. The van der Waals surface area contributed by atoms with E-state index in [1.165, 1.54) is 45.1 Å². The van der Waals surface area contributed by atoms with Gasteiger partial charge in [0.15, 0.2) is 0 Å². The molecule has 1 rings (SSSR count). The molecule has 102 valence electrons. The Morgan fingerprint density at radius 3 is 2.41 bits per heavy atom. The SMILES string of the molecule is CCC1(CNCCCNCCOC)CCCC1. The Balaban J connectivity index is 1.92. The Hall–Kier alpha value is -0.120. The lowest BCUT2D eigenvalue weighted by Gasteiger charge is -2.27. The Morgan fingerprint density at radius 2 is 1.76 bits per heavy atom. The quantitative estimate of drug-likeness (QED) is 0.576. The zero-order valence-electron chi connectivity index (χ0n) is 11.7. The molecule has 17 heavy (non-hydrogen) atoms. The third-order valence-corrected chi connectivity index (χ3v) is 4.10. The first-order valence-corrected chi connectivity index (χ1v) is 7.23. The first-order valence-electron chi connectivity index (χ1n) is 7.23. The van der Waals surface area contributed by atoms with Crippen LogP contribution in [0.5, 0.6) is 0 Å². The summed E-state index contributed by atoms with van der Waals surface area (Å²) in [5.41, 5.74) is 0.628. The van der Waals surface area contributed by atoms with Gasteiger partial charge in [-0.1, -0.05) is 19.8 Å². The Bertz CT molecular complexity index is 179. The van der Waals surface area contributed by atoms with Crippen molar-refractivity contribution in [3.63, 3.8) is 0 Å². The standard InChI is InChI=1S/C14H30N2O/c1-3-14(7-4-5-8-14)13-16-10-6-9-15-11-12-17-2/h15-16H,3-13H2,1-2H3. The average molecular weight is 242 g/mol. The number of ether oxygens (including phenoxy) is 1. The van der Waals surface area contributed by atoms with Crippen LogP contribution >= 0.6 is 0 Å². The maximum atomic E-state index is 4.99. The van der Waals surface area contributed by atoms with Crippen molar-refractivity contribution in [2.75, 3.05) is 39.9 Å². The Morgan fingerprint density at radius 1 is 1.06 bits per heavy atom. The van der Waals surface area contributed by atoms with Crippen molar-refractivity contribution in [2.24, 2.45) is 5.41 Å². The molecular formula is C14H30N2O. The fraction of sp³-hybridized carbons (Fsp3) is 1.00. The predicted molar refractivity (Wildman–Crippen MR) is 73.4 cm³/mol. The van der Waals surface area contributed by atoms with Crippen molar-refractivity contribution in [3.05, 3.63) is 0 Å². The van der Waals surface area contributed by atoms with E-state index in [9.17, 15) is 0 Å². The van der Waals surface area contributed by atoms with E-state index in [4.69, 9.17) is 4.74 Å². The van der Waals surface area contributed by atoms with E-state index < -0.39 is 0 Å². The van der Waals surface area contributed by atoms with Crippen LogP contribution in [0.1, 0.15) is 45.4 Å². The molecule has 0 aromatic rings. The third-order valence-electron chi connectivity index (χ3n) is 4.10. The lowest BCUT2D eigenvalue weighted by Crippen LogP contribution is -2.33. The van der Waals surface area contributed by atoms with Crippen molar-refractivity contribution >= 4 is 0 Å². The van der Waals surface area contributed by atoms with Crippen LogP contribution in [0.25, 0.3) is 0 Å².